The molecule has 0 N–H and O–H groups in total. The summed E-state index contributed by atoms with van der Waals surface area (Å²) in [5.74, 6) is 1.91. The summed E-state index contributed by atoms with van der Waals surface area (Å²) < 4.78 is 2.65. The monoisotopic (exact) mass is 805 g/mol. The minimum absolute atomic E-state index is 0.597. The second-order valence-electron chi connectivity index (χ2n) is 16.2. The molecule has 0 aliphatic heterocycles. The van der Waals surface area contributed by atoms with Gasteiger partial charge in [-0.3, -0.25) is 0 Å². The zero-order valence-corrected chi connectivity index (χ0v) is 34.3. The average molecular weight is 806 g/mol. The van der Waals surface area contributed by atoms with Gasteiger partial charge in [0.25, 0.3) is 0 Å². The number of rotatable bonds is 4. The van der Waals surface area contributed by atoms with E-state index in [9.17, 15) is 0 Å². The van der Waals surface area contributed by atoms with Gasteiger partial charge in [0.15, 0.2) is 17.5 Å². The van der Waals surface area contributed by atoms with Gasteiger partial charge in [-0.2, -0.15) is 0 Å². The normalized spacial score (nSPS) is 14.5. The van der Waals surface area contributed by atoms with Gasteiger partial charge in [-0.1, -0.05) is 200 Å². The van der Waals surface area contributed by atoms with Gasteiger partial charge in [0.2, 0.25) is 0 Å². The summed E-state index contributed by atoms with van der Waals surface area (Å²) in [5.41, 5.74) is 17.2. The van der Waals surface area contributed by atoms with Crippen molar-refractivity contribution in [2.24, 2.45) is 0 Å². The molecule has 288 valence electrons. The maximum Gasteiger partial charge on any atom is 0.164 e. The van der Waals surface area contributed by atoms with Crippen molar-refractivity contribution in [2.45, 2.75) is 5.41 Å². The Morgan fingerprint density at radius 1 is 0.306 bits per heavy atom. The van der Waals surface area contributed by atoms with E-state index in [2.05, 4.69) is 188 Å². The Bertz CT molecular complexity index is 3570. The summed E-state index contributed by atoms with van der Waals surface area (Å²) >= 11 is 1.91. The lowest BCUT2D eigenvalue weighted by atomic mass is 9.65. The Balaban J connectivity index is 1.08. The van der Waals surface area contributed by atoms with Crippen LogP contribution in [0.25, 0.3) is 98.8 Å². The van der Waals surface area contributed by atoms with Gasteiger partial charge in [-0.25, -0.2) is 15.0 Å². The van der Waals surface area contributed by atoms with Crippen molar-refractivity contribution in [1.82, 2.24) is 15.0 Å². The van der Waals surface area contributed by atoms with E-state index in [4.69, 9.17) is 15.0 Å². The molecule has 1 atom stereocenters. The molecule has 2 aromatic heterocycles. The average Bonchev–Trinajstić information content (AvgIpc) is 3.85. The second kappa shape index (κ2) is 13.6. The highest BCUT2D eigenvalue weighted by Crippen LogP contribution is 2.63. The van der Waals surface area contributed by atoms with Crippen molar-refractivity contribution in [3.63, 3.8) is 0 Å². The third-order valence-corrected chi connectivity index (χ3v) is 14.2. The lowest BCUT2D eigenvalue weighted by Crippen LogP contribution is -2.29. The summed E-state index contributed by atoms with van der Waals surface area (Å²) in [6.07, 6.45) is 0. The number of benzene rings is 9. The number of thiophene rings is 1. The Morgan fingerprint density at radius 2 is 0.774 bits per heavy atom. The molecule has 9 aromatic carbocycles. The van der Waals surface area contributed by atoms with E-state index in [0.717, 1.165) is 22.3 Å². The standard InChI is InChI=1S/C58H35N3S/c1-3-15-36(16-4-1)37-27-29-39(30-28-37)56-59-55(38-17-5-2-6-18-38)60-57(61-56)40-31-33-50-47(35-40)42-20-8-7-19-41(42)43-21-9-12-24-48(43)58(50)49-25-13-10-23-46(49)53-51(58)34-32-45-44-22-11-14-26-52(44)62-54(45)53/h1-35H. The summed E-state index contributed by atoms with van der Waals surface area (Å²) in [6.45, 7) is 0. The van der Waals surface area contributed by atoms with Crippen LogP contribution in [0.15, 0.2) is 212 Å². The van der Waals surface area contributed by atoms with Crippen molar-refractivity contribution >= 4 is 31.5 Å². The molecule has 0 radical (unpaired) electrons. The minimum Gasteiger partial charge on any atom is -0.208 e. The van der Waals surface area contributed by atoms with Gasteiger partial charge >= 0.3 is 0 Å². The topological polar surface area (TPSA) is 38.7 Å². The molecule has 2 aliphatic rings. The van der Waals surface area contributed by atoms with Crippen molar-refractivity contribution in [2.75, 3.05) is 0 Å². The van der Waals surface area contributed by atoms with E-state index in [0.29, 0.717) is 17.5 Å². The van der Waals surface area contributed by atoms with E-state index >= 15 is 0 Å². The summed E-state index contributed by atoms with van der Waals surface area (Å²) in [5, 5.41) is 2.62. The zero-order chi connectivity index (χ0) is 40.8. The first kappa shape index (κ1) is 35.0. The van der Waals surface area contributed by atoms with Crippen molar-refractivity contribution in [3.05, 3.63) is 235 Å². The maximum absolute atomic E-state index is 5.26. The molecule has 2 heterocycles. The second-order valence-corrected chi connectivity index (χ2v) is 17.3. The van der Waals surface area contributed by atoms with Gasteiger partial charge in [0.1, 0.15) is 0 Å². The quantitative estimate of drug-likeness (QED) is 0.178. The highest BCUT2D eigenvalue weighted by molar-refractivity contribution is 7.26. The zero-order valence-electron chi connectivity index (χ0n) is 33.5. The lowest BCUT2D eigenvalue weighted by molar-refractivity contribution is 0.776. The molecule has 0 fully saturated rings. The van der Waals surface area contributed by atoms with Crippen LogP contribution in [-0.2, 0) is 5.41 Å². The molecule has 0 saturated carbocycles. The van der Waals surface area contributed by atoms with Crippen molar-refractivity contribution in [3.8, 4) is 78.7 Å². The van der Waals surface area contributed by atoms with Crippen LogP contribution < -0.4 is 0 Å². The highest BCUT2D eigenvalue weighted by atomic mass is 32.1. The fourth-order valence-corrected chi connectivity index (χ4v) is 11.6. The molecular weight excluding hydrogens is 771 g/mol. The van der Waals surface area contributed by atoms with Crippen LogP contribution in [0, 0.1) is 0 Å². The molecule has 0 saturated heterocycles. The third-order valence-electron chi connectivity index (χ3n) is 13.0. The fourth-order valence-electron chi connectivity index (χ4n) is 10.3. The van der Waals surface area contributed by atoms with E-state index < -0.39 is 5.41 Å². The summed E-state index contributed by atoms with van der Waals surface area (Å²) in [6, 6.07) is 76.9. The van der Waals surface area contributed by atoms with Crippen molar-refractivity contribution in [1.29, 1.82) is 0 Å². The molecule has 4 heteroatoms. The first-order valence-corrected chi connectivity index (χ1v) is 21.9. The predicted octanol–water partition coefficient (Wildman–Crippen LogP) is 14.9. The van der Waals surface area contributed by atoms with Crippen LogP contribution in [0.5, 0.6) is 0 Å². The largest absolute Gasteiger partial charge is 0.208 e. The Morgan fingerprint density at radius 3 is 1.50 bits per heavy atom. The molecule has 11 aromatic rings. The van der Waals surface area contributed by atoms with E-state index in [-0.39, 0.29) is 0 Å². The van der Waals surface area contributed by atoms with Crippen LogP contribution >= 0.6 is 11.3 Å². The first-order chi connectivity index (χ1) is 30.7. The van der Waals surface area contributed by atoms with E-state index in [1.807, 2.05) is 35.6 Å². The Kier molecular flexibility index (Phi) is 7.69. The molecule has 2 aliphatic carbocycles. The molecule has 3 nitrogen and oxygen atoms in total. The van der Waals surface area contributed by atoms with Gasteiger partial charge in [-0.15, -0.1) is 11.3 Å². The molecule has 62 heavy (non-hydrogen) atoms. The van der Waals surface area contributed by atoms with Gasteiger partial charge < -0.3 is 0 Å². The third kappa shape index (κ3) is 5.08. The number of aromatic nitrogens is 3. The van der Waals surface area contributed by atoms with Crippen molar-refractivity contribution < 1.29 is 0 Å². The highest BCUT2D eigenvalue weighted by Gasteiger charge is 2.50. The molecular formula is C58H35N3S. The summed E-state index contributed by atoms with van der Waals surface area (Å²) in [4.78, 5) is 15.6. The number of hydrogen-bond donors (Lipinski definition) is 0. The SMILES string of the molecule is c1ccc(-c2ccc(-c3nc(-c4ccccc4)nc(-c4ccc5c(c4)-c4ccccc4-c4ccccc4C54c5ccccc5-c5c4ccc4c5sc5ccccc54)n3)cc2)cc1. The van der Waals surface area contributed by atoms with Gasteiger partial charge in [0, 0.05) is 42.4 Å². The molecule has 1 unspecified atom stereocenters. The van der Waals surface area contributed by atoms with Crippen LogP contribution in [0.3, 0.4) is 0 Å². The first-order valence-electron chi connectivity index (χ1n) is 21.1. The van der Waals surface area contributed by atoms with Crippen LogP contribution in [0.4, 0.5) is 0 Å². The van der Waals surface area contributed by atoms with Gasteiger partial charge in [0.05, 0.1) is 5.41 Å². The van der Waals surface area contributed by atoms with Crippen LogP contribution in [0.1, 0.15) is 22.3 Å². The fraction of sp³-hybridized carbons (Fsp3) is 0.0172. The summed E-state index contributed by atoms with van der Waals surface area (Å²) in [7, 11) is 0. The van der Waals surface area contributed by atoms with Crippen LogP contribution in [0.2, 0.25) is 0 Å². The lowest BCUT2D eigenvalue weighted by Gasteiger charge is -2.35. The van der Waals surface area contributed by atoms with Gasteiger partial charge in [-0.05, 0) is 73.3 Å². The molecule has 0 bridgehead atoms. The minimum atomic E-state index is -0.597. The number of fused-ring (bicyclic) bond motifs is 16. The van der Waals surface area contributed by atoms with E-state index in [1.54, 1.807) is 0 Å². The maximum atomic E-state index is 5.26. The van der Waals surface area contributed by atoms with E-state index in [1.165, 1.54) is 81.4 Å². The number of nitrogens with zero attached hydrogens (tertiary/aromatic N) is 3. The molecule has 13 rings (SSSR count). The Labute approximate surface area is 363 Å². The predicted molar refractivity (Wildman–Crippen MR) is 256 cm³/mol. The molecule has 1 spiro atoms. The number of hydrogen-bond acceptors (Lipinski definition) is 4. The molecule has 0 amide bonds. The smallest absolute Gasteiger partial charge is 0.164 e. The van der Waals surface area contributed by atoms with Crippen LogP contribution in [-0.4, -0.2) is 15.0 Å². The Hall–Kier alpha value is -7.79.